The van der Waals surface area contributed by atoms with Gasteiger partial charge in [-0.05, 0) is 30.7 Å². The van der Waals surface area contributed by atoms with Gasteiger partial charge >= 0.3 is 0 Å². The first-order valence-corrected chi connectivity index (χ1v) is 5.25. The minimum atomic E-state index is -0.505. The van der Waals surface area contributed by atoms with Crippen LogP contribution < -0.4 is 10.5 Å². The second kappa shape index (κ2) is 5.73. The summed E-state index contributed by atoms with van der Waals surface area (Å²) in [5.74, 6) is 0.871. The lowest BCUT2D eigenvalue weighted by Gasteiger charge is -2.20. The highest BCUT2D eigenvalue weighted by molar-refractivity contribution is 5.30. The fourth-order valence-corrected chi connectivity index (χ4v) is 1.62. The molecule has 0 spiro atoms. The van der Waals surface area contributed by atoms with Gasteiger partial charge in [0.1, 0.15) is 5.75 Å². The van der Waals surface area contributed by atoms with Crippen molar-refractivity contribution in [2.45, 2.75) is 19.4 Å². The van der Waals surface area contributed by atoms with E-state index in [1.54, 1.807) is 7.11 Å². The van der Waals surface area contributed by atoms with Gasteiger partial charge in [-0.1, -0.05) is 19.1 Å². The minimum absolute atomic E-state index is 0.108. The predicted octanol–water partition coefficient (Wildman–Crippen LogP) is 1.71. The largest absolute Gasteiger partial charge is 0.497 e. The third kappa shape index (κ3) is 2.94. The molecule has 2 atom stereocenters. The van der Waals surface area contributed by atoms with E-state index in [0.717, 1.165) is 17.7 Å². The van der Waals surface area contributed by atoms with Crippen LogP contribution in [0.25, 0.3) is 0 Å². The van der Waals surface area contributed by atoms with Crippen molar-refractivity contribution in [2.75, 3.05) is 13.7 Å². The van der Waals surface area contributed by atoms with Crippen molar-refractivity contribution in [3.63, 3.8) is 0 Å². The van der Waals surface area contributed by atoms with E-state index >= 15 is 0 Å². The van der Waals surface area contributed by atoms with Crippen LogP contribution in [0.4, 0.5) is 0 Å². The highest BCUT2D eigenvalue weighted by Gasteiger charge is 2.17. The Bertz CT molecular complexity index is 297. The molecule has 2 unspecified atom stereocenters. The van der Waals surface area contributed by atoms with Gasteiger partial charge in [0, 0.05) is 5.92 Å². The number of rotatable bonds is 5. The van der Waals surface area contributed by atoms with Crippen LogP contribution in [-0.4, -0.2) is 18.8 Å². The fraction of sp³-hybridized carbons (Fsp3) is 0.500. The Morgan fingerprint density at radius 1 is 1.47 bits per heavy atom. The van der Waals surface area contributed by atoms with Crippen LogP contribution in [0.15, 0.2) is 24.3 Å². The normalized spacial score (nSPS) is 14.7. The van der Waals surface area contributed by atoms with Crippen molar-refractivity contribution in [3.8, 4) is 5.75 Å². The van der Waals surface area contributed by atoms with Gasteiger partial charge in [0.15, 0.2) is 0 Å². The maximum Gasteiger partial charge on any atom is 0.119 e. The van der Waals surface area contributed by atoms with Crippen molar-refractivity contribution in [1.82, 2.24) is 0 Å². The smallest absolute Gasteiger partial charge is 0.119 e. The Balaban J connectivity index is 2.84. The van der Waals surface area contributed by atoms with Gasteiger partial charge in [0.05, 0.1) is 13.2 Å². The predicted molar refractivity (Wildman–Crippen MR) is 60.8 cm³/mol. The summed E-state index contributed by atoms with van der Waals surface area (Å²) >= 11 is 0. The highest BCUT2D eigenvalue weighted by atomic mass is 16.5. The molecule has 0 saturated carbocycles. The van der Waals surface area contributed by atoms with E-state index in [9.17, 15) is 5.11 Å². The summed E-state index contributed by atoms with van der Waals surface area (Å²) in [6.45, 7) is 2.52. The van der Waals surface area contributed by atoms with Gasteiger partial charge in [-0.25, -0.2) is 0 Å². The summed E-state index contributed by atoms with van der Waals surface area (Å²) in [5, 5.41) is 10.1. The number of hydrogen-bond acceptors (Lipinski definition) is 3. The van der Waals surface area contributed by atoms with Crippen molar-refractivity contribution in [3.05, 3.63) is 29.8 Å². The molecule has 15 heavy (non-hydrogen) atoms. The summed E-state index contributed by atoms with van der Waals surface area (Å²) < 4.78 is 5.11. The molecular formula is C12H19NO2. The zero-order valence-electron chi connectivity index (χ0n) is 9.31. The summed E-state index contributed by atoms with van der Waals surface area (Å²) in [4.78, 5) is 0. The number of aliphatic hydroxyl groups excluding tert-OH is 1. The van der Waals surface area contributed by atoms with Crippen LogP contribution in [0.5, 0.6) is 5.75 Å². The summed E-state index contributed by atoms with van der Waals surface area (Å²) in [7, 11) is 1.62. The molecule has 0 bridgehead atoms. The third-order valence-corrected chi connectivity index (χ3v) is 2.71. The standard InChI is InChI=1S/C12H19NO2/c1-3-9(8-13)12(14)10-5-4-6-11(7-10)15-2/h4-7,9,12,14H,3,8,13H2,1-2H3. The molecule has 0 aliphatic carbocycles. The number of aliphatic hydroxyl groups is 1. The number of hydrogen-bond donors (Lipinski definition) is 2. The van der Waals surface area contributed by atoms with E-state index in [-0.39, 0.29) is 5.92 Å². The maximum atomic E-state index is 10.1. The molecule has 0 saturated heterocycles. The van der Waals surface area contributed by atoms with Gasteiger partial charge < -0.3 is 15.6 Å². The quantitative estimate of drug-likeness (QED) is 0.776. The van der Waals surface area contributed by atoms with Crippen LogP contribution in [0.2, 0.25) is 0 Å². The molecule has 0 aliphatic heterocycles. The lowest BCUT2D eigenvalue weighted by Crippen LogP contribution is -2.21. The SMILES string of the molecule is CCC(CN)C(O)c1cccc(OC)c1. The van der Waals surface area contributed by atoms with Crippen LogP contribution in [0.1, 0.15) is 25.0 Å². The first-order chi connectivity index (χ1) is 7.22. The number of methoxy groups -OCH3 is 1. The van der Waals surface area contributed by atoms with Gasteiger partial charge in [-0.2, -0.15) is 0 Å². The zero-order chi connectivity index (χ0) is 11.3. The second-order valence-corrected chi connectivity index (χ2v) is 3.63. The summed E-state index contributed by atoms with van der Waals surface area (Å²) in [6.07, 6.45) is 0.365. The number of ether oxygens (including phenoxy) is 1. The van der Waals surface area contributed by atoms with Crippen LogP contribution >= 0.6 is 0 Å². The Labute approximate surface area is 90.9 Å². The maximum absolute atomic E-state index is 10.1. The Morgan fingerprint density at radius 2 is 2.20 bits per heavy atom. The molecule has 0 heterocycles. The number of nitrogens with two attached hydrogens (primary N) is 1. The van der Waals surface area contributed by atoms with E-state index in [2.05, 4.69) is 0 Å². The van der Waals surface area contributed by atoms with E-state index in [1.165, 1.54) is 0 Å². The van der Waals surface area contributed by atoms with E-state index in [1.807, 2.05) is 31.2 Å². The molecule has 1 rings (SSSR count). The van der Waals surface area contributed by atoms with Crippen molar-refractivity contribution in [2.24, 2.45) is 11.7 Å². The molecule has 0 amide bonds. The molecule has 3 N–H and O–H groups in total. The molecule has 1 aromatic rings. The van der Waals surface area contributed by atoms with Crippen molar-refractivity contribution >= 4 is 0 Å². The molecule has 84 valence electrons. The molecule has 0 aromatic heterocycles. The molecule has 0 fully saturated rings. The minimum Gasteiger partial charge on any atom is -0.497 e. The van der Waals surface area contributed by atoms with E-state index in [4.69, 9.17) is 10.5 Å². The van der Waals surface area contributed by atoms with Crippen LogP contribution in [0.3, 0.4) is 0 Å². The Kier molecular flexibility index (Phi) is 4.59. The van der Waals surface area contributed by atoms with Crippen LogP contribution in [-0.2, 0) is 0 Å². The monoisotopic (exact) mass is 209 g/mol. The topological polar surface area (TPSA) is 55.5 Å². The van der Waals surface area contributed by atoms with Gasteiger partial charge in [0.25, 0.3) is 0 Å². The van der Waals surface area contributed by atoms with E-state index in [0.29, 0.717) is 6.54 Å². The van der Waals surface area contributed by atoms with E-state index < -0.39 is 6.10 Å². The highest BCUT2D eigenvalue weighted by Crippen LogP contribution is 2.26. The van der Waals surface area contributed by atoms with Gasteiger partial charge in [-0.3, -0.25) is 0 Å². The Morgan fingerprint density at radius 3 is 2.73 bits per heavy atom. The van der Waals surface area contributed by atoms with Crippen molar-refractivity contribution in [1.29, 1.82) is 0 Å². The third-order valence-electron chi connectivity index (χ3n) is 2.71. The average Bonchev–Trinajstić information content (AvgIpc) is 2.30. The molecule has 3 heteroatoms. The second-order valence-electron chi connectivity index (χ2n) is 3.63. The molecule has 3 nitrogen and oxygen atoms in total. The first-order valence-electron chi connectivity index (χ1n) is 5.25. The zero-order valence-corrected chi connectivity index (χ0v) is 9.31. The molecule has 0 aliphatic rings. The lowest BCUT2D eigenvalue weighted by molar-refractivity contribution is 0.110. The Hall–Kier alpha value is -1.06. The summed E-state index contributed by atoms with van der Waals surface area (Å²) in [5.41, 5.74) is 6.47. The average molecular weight is 209 g/mol. The van der Waals surface area contributed by atoms with Gasteiger partial charge in [0.2, 0.25) is 0 Å². The summed E-state index contributed by atoms with van der Waals surface area (Å²) in [6, 6.07) is 7.48. The van der Waals surface area contributed by atoms with Crippen molar-refractivity contribution < 1.29 is 9.84 Å². The molecule has 1 aromatic carbocycles. The first kappa shape index (κ1) is 12.0. The fourth-order valence-electron chi connectivity index (χ4n) is 1.62. The number of benzene rings is 1. The molecule has 0 radical (unpaired) electrons. The van der Waals surface area contributed by atoms with Gasteiger partial charge in [-0.15, -0.1) is 0 Å². The van der Waals surface area contributed by atoms with Crippen LogP contribution in [0, 0.1) is 5.92 Å². The lowest BCUT2D eigenvalue weighted by atomic mass is 9.93. The molecular weight excluding hydrogens is 190 g/mol.